The molecule has 0 atom stereocenters. The Kier molecular flexibility index (Phi) is 9.01. The van der Waals surface area contributed by atoms with E-state index in [1.165, 1.54) is 70.6 Å². The van der Waals surface area contributed by atoms with Crippen molar-refractivity contribution in [1.29, 1.82) is 0 Å². The van der Waals surface area contributed by atoms with Gasteiger partial charge in [-0.3, -0.25) is 0 Å². The third kappa shape index (κ3) is 6.68. The third-order valence-corrected chi connectivity index (χ3v) is 7.44. The molecule has 1 fully saturated rings. The van der Waals surface area contributed by atoms with Crippen LogP contribution in [0.15, 0.2) is 0 Å². The Morgan fingerprint density at radius 2 is 1.00 bits per heavy atom. The van der Waals surface area contributed by atoms with Crippen LogP contribution in [0.25, 0.3) is 0 Å². The van der Waals surface area contributed by atoms with Gasteiger partial charge in [-0.2, -0.15) is 0 Å². The fraction of sp³-hybridized carbons (Fsp3) is 1.00. The maximum atomic E-state index is 3.79. The molecule has 0 spiro atoms. The van der Waals surface area contributed by atoms with Crippen molar-refractivity contribution in [3.8, 4) is 0 Å². The van der Waals surface area contributed by atoms with Crippen LogP contribution in [0.4, 0.5) is 0 Å². The summed E-state index contributed by atoms with van der Waals surface area (Å²) in [6.07, 6.45) is 16.5. The van der Waals surface area contributed by atoms with Crippen LogP contribution in [0.2, 0.25) is 4.05 Å². The monoisotopic (exact) mass is 270 g/mol. The van der Waals surface area contributed by atoms with Crippen molar-refractivity contribution in [2.24, 2.45) is 0 Å². The van der Waals surface area contributed by atoms with E-state index in [0.29, 0.717) is 0 Å². The van der Waals surface area contributed by atoms with Crippen LogP contribution in [0.3, 0.4) is 0 Å². The van der Waals surface area contributed by atoms with Crippen molar-refractivity contribution in [3.63, 3.8) is 0 Å². The molecule has 80 valence electrons. The fourth-order valence-electron chi connectivity index (χ4n) is 2.40. The molecule has 0 radical (unpaired) electrons. The van der Waals surface area contributed by atoms with Crippen molar-refractivity contribution < 1.29 is 0 Å². The lowest BCUT2D eigenvalue weighted by Crippen LogP contribution is -1.99. The summed E-state index contributed by atoms with van der Waals surface area (Å²) in [5, 5.41) is 0. The second-order valence-corrected chi connectivity index (χ2v) is 8.19. The van der Waals surface area contributed by atoms with Crippen molar-refractivity contribution in [2.45, 2.75) is 74.7 Å². The summed E-state index contributed by atoms with van der Waals surface area (Å²) in [4.78, 5) is 0. The zero-order valence-corrected chi connectivity index (χ0v) is 12.4. The van der Waals surface area contributed by atoms with Gasteiger partial charge in [-0.1, -0.05) is 70.6 Å². The number of halogens is 1. The highest BCUT2D eigenvalue weighted by Gasteiger charge is 2.10. The number of hydrogen-bond donors (Lipinski definition) is 0. The minimum absolute atomic E-state index is 0.0963. The Labute approximate surface area is 105 Å². The van der Waals surface area contributed by atoms with E-state index >= 15 is 0 Å². The topological polar surface area (TPSA) is 0 Å². The van der Waals surface area contributed by atoms with Gasteiger partial charge in [0.2, 0.25) is 0 Å². The average molecular weight is 272 g/mol. The van der Waals surface area contributed by atoms with E-state index < -0.39 is 0 Å². The molecule has 0 N–H and O–H groups in total. The van der Waals surface area contributed by atoms with Crippen LogP contribution >= 0.6 is 12.9 Å². The normalized spacial score (nSPS) is 23.2. The lowest BCUT2D eigenvalue weighted by Gasteiger charge is -2.14. The Balaban J connectivity index is 2.17. The molecule has 0 saturated heterocycles. The average Bonchev–Trinajstić information content (AvgIpc) is 2.19. The van der Waals surface area contributed by atoms with Crippen molar-refractivity contribution in [3.05, 3.63) is 0 Å². The molecule has 0 nitrogen and oxygen atoms in total. The predicted octanol–water partition coefficient (Wildman–Crippen LogP) is 5.09. The Hall–Kier alpha value is 1.25. The maximum absolute atomic E-state index is 3.79. The number of rotatable bonds is 1. The lowest BCUT2D eigenvalue weighted by molar-refractivity contribution is 0.504. The van der Waals surface area contributed by atoms with Crippen molar-refractivity contribution >= 4 is 31.1 Å². The third-order valence-electron chi connectivity index (χ3n) is 3.44. The molecule has 1 aliphatic rings. The Morgan fingerprint density at radius 3 is 1.36 bits per heavy atom. The second kappa shape index (κ2) is 9.47. The van der Waals surface area contributed by atoms with Crippen LogP contribution in [0.5, 0.6) is 0 Å². The first-order chi connectivity index (χ1) is 6.93. The van der Waals surface area contributed by atoms with E-state index in [0.717, 1.165) is 4.05 Å². The van der Waals surface area contributed by atoms with E-state index in [1.807, 2.05) is 0 Å². The molecule has 0 unspecified atom stereocenters. The Bertz CT molecular complexity index is 115. The molecule has 1 rings (SSSR count). The summed E-state index contributed by atoms with van der Waals surface area (Å²) in [6, 6.07) is 0. The standard InChI is InChI=1S/C12H23.BrH.Mg/c1-2-4-6-8-10-12-11-9-7-5-3-1;;/h1H,2-12H2;1H;/q;;+1/p-1. The van der Waals surface area contributed by atoms with E-state index in [1.54, 1.807) is 0 Å². The summed E-state index contributed by atoms with van der Waals surface area (Å²) in [6.45, 7) is 0. The smallest absolute Gasteiger partial charge is 0.306 e. The second-order valence-electron chi connectivity index (χ2n) is 4.78. The van der Waals surface area contributed by atoms with Gasteiger partial charge in [-0.25, -0.2) is 0 Å². The molecule has 0 aromatic rings. The van der Waals surface area contributed by atoms with Gasteiger partial charge in [0.25, 0.3) is 0 Å². The summed E-state index contributed by atoms with van der Waals surface area (Å²) in [7, 11) is 0. The van der Waals surface area contributed by atoms with Crippen LogP contribution < -0.4 is 0 Å². The fourth-order valence-corrected chi connectivity index (χ4v) is 5.23. The molecule has 1 aliphatic carbocycles. The van der Waals surface area contributed by atoms with Crippen molar-refractivity contribution in [1.82, 2.24) is 0 Å². The summed E-state index contributed by atoms with van der Waals surface area (Å²) < 4.78 is 1.11. The molecule has 0 bridgehead atoms. The zero-order chi connectivity index (χ0) is 10.1. The van der Waals surface area contributed by atoms with Crippen LogP contribution in [-0.2, 0) is 0 Å². The van der Waals surface area contributed by atoms with E-state index in [-0.39, 0.29) is 18.2 Å². The summed E-state index contributed by atoms with van der Waals surface area (Å²) in [5.41, 5.74) is 0. The van der Waals surface area contributed by atoms with Gasteiger partial charge in [0.15, 0.2) is 0 Å². The highest BCUT2D eigenvalue weighted by Crippen LogP contribution is 2.25. The lowest BCUT2D eigenvalue weighted by atomic mass is 10.0. The highest BCUT2D eigenvalue weighted by atomic mass is 79.9. The van der Waals surface area contributed by atoms with Crippen LogP contribution in [-0.4, -0.2) is 18.2 Å². The van der Waals surface area contributed by atoms with Crippen LogP contribution in [0, 0.1) is 0 Å². The predicted molar refractivity (Wildman–Crippen MR) is 69.2 cm³/mol. The van der Waals surface area contributed by atoms with Crippen LogP contribution in [0.1, 0.15) is 70.6 Å². The van der Waals surface area contributed by atoms with Crippen molar-refractivity contribution in [2.75, 3.05) is 0 Å². The van der Waals surface area contributed by atoms with Gasteiger partial charge in [-0.15, -0.1) is 4.05 Å². The molecule has 2 heteroatoms. The number of hydrogen-bond acceptors (Lipinski definition) is 0. The molecule has 0 aromatic heterocycles. The largest absolute Gasteiger partial charge is 0.471 e. The van der Waals surface area contributed by atoms with Gasteiger partial charge in [0.1, 0.15) is 0 Å². The van der Waals surface area contributed by atoms with E-state index in [9.17, 15) is 0 Å². The zero-order valence-electron chi connectivity index (χ0n) is 9.44. The SMILES string of the molecule is [Br][Mg][CH]1CCCCCCCCCCC1. The molecule has 0 amide bonds. The minimum Gasteiger partial charge on any atom is -0.306 e. The molecule has 14 heavy (non-hydrogen) atoms. The van der Waals surface area contributed by atoms with Gasteiger partial charge in [-0.05, 0) is 0 Å². The molecule has 0 heterocycles. The van der Waals surface area contributed by atoms with E-state index in [4.69, 9.17) is 0 Å². The summed E-state index contributed by atoms with van der Waals surface area (Å²) in [5.74, 6) is 0. The molecular formula is C12H23BrMg. The molecular weight excluding hydrogens is 248 g/mol. The van der Waals surface area contributed by atoms with Gasteiger partial charge in [0.05, 0.1) is 0 Å². The van der Waals surface area contributed by atoms with E-state index in [2.05, 4.69) is 12.9 Å². The maximum Gasteiger partial charge on any atom is 0.471 e. The summed E-state index contributed by atoms with van der Waals surface area (Å²) >= 11 is 3.89. The minimum atomic E-state index is 0.0963. The first-order valence-corrected chi connectivity index (χ1v) is 11.2. The first-order valence-electron chi connectivity index (χ1n) is 6.49. The Morgan fingerprint density at radius 1 is 0.643 bits per heavy atom. The highest BCUT2D eigenvalue weighted by molar-refractivity contribution is 9.23. The molecule has 1 saturated carbocycles. The molecule has 0 aliphatic heterocycles. The first kappa shape index (κ1) is 13.3. The molecule has 0 aromatic carbocycles. The van der Waals surface area contributed by atoms with Gasteiger partial charge >= 0.3 is 18.2 Å². The quantitative estimate of drug-likeness (QED) is 0.582. The van der Waals surface area contributed by atoms with Gasteiger partial charge < -0.3 is 12.9 Å². The van der Waals surface area contributed by atoms with Gasteiger partial charge in [0, 0.05) is 0 Å².